The SMILES string of the molecule is CC(C)C1=CC2(CN3CCC2CC3)ON1. The third-order valence-corrected chi connectivity index (χ3v) is 4.13. The van der Waals surface area contributed by atoms with Crippen LogP contribution in [0.15, 0.2) is 11.8 Å². The summed E-state index contributed by atoms with van der Waals surface area (Å²) >= 11 is 0. The molecule has 3 saturated heterocycles. The van der Waals surface area contributed by atoms with Gasteiger partial charge in [-0.3, -0.25) is 15.2 Å². The van der Waals surface area contributed by atoms with Crippen molar-refractivity contribution in [2.75, 3.05) is 19.6 Å². The number of piperidine rings is 3. The molecule has 0 aromatic heterocycles. The van der Waals surface area contributed by atoms with E-state index >= 15 is 0 Å². The van der Waals surface area contributed by atoms with Crippen molar-refractivity contribution in [2.24, 2.45) is 11.8 Å². The average molecular weight is 208 g/mol. The van der Waals surface area contributed by atoms with Gasteiger partial charge in [0.1, 0.15) is 5.60 Å². The van der Waals surface area contributed by atoms with Crippen LogP contribution in [0.4, 0.5) is 0 Å². The Kier molecular flexibility index (Phi) is 2.08. The van der Waals surface area contributed by atoms with Gasteiger partial charge in [0.2, 0.25) is 0 Å². The minimum atomic E-state index is -0.00387. The van der Waals surface area contributed by atoms with Crippen LogP contribution in [0.1, 0.15) is 26.7 Å². The second-order valence-electron chi connectivity index (χ2n) is 5.46. The van der Waals surface area contributed by atoms with Crippen molar-refractivity contribution in [3.63, 3.8) is 0 Å². The summed E-state index contributed by atoms with van der Waals surface area (Å²) in [6.45, 7) is 8.04. The summed E-state index contributed by atoms with van der Waals surface area (Å²) in [7, 11) is 0. The Morgan fingerprint density at radius 2 is 2.20 bits per heavy atom. The Balaban J connectivity index is 1.86. The number of hydroxylamine groups is 1. The van der Waals surface area contributed by atoms with Crippen molar-refractivity contribution < 1.29 is 4.84 Å². The molecule has 0 radical (unpaired) electrons. The van der Waals surface area contributed by atoms with Gasteiger partial charge in [-0.15, -0.1) is 0 Å². The molecule has 15 heavy (non-hydrogen) atoms. The molecule has 3 nitrogen and oxygen atoms in total. The summed E-state index contributed by atoms with van der Waals surface area (Å²) in [5.41, 5.74) is 4.40. The maximum atomic E-state index is 5.90. The van der Waals surface area contributed by atoms with Gasteiger partial charge in [-0.05, 0) is 43.8 Å². The van der Waals surface area contributed by atoms with Gasteiger partial charge >= 0.3 is 0 Å². The highest BCUT2D eigenvalue weighted by molar-refractivity contribution is 5.21. The molecule has 4 heterocycles. The van der Waals surface area contributed by atoms with E-state index < -0.39 is 0 Å². The molecule has 4 rings (SSSR count). The first-order chi connectivity index (χ1) is 7.20. The molecule has 0 aromatic carbocycles. The highest BCUT2D eigenvalue weighted by Gasteiger charge is 2.49. The molecule has 0 aromatic rings. The molecule has 0 aliphatic carbocycles. The van der Waals surface area contributed by atoms with Crippen molar-refractivity contribution in [3.8, 4) is 0 Å². The standard InChI is InChI=1S/C12H20N2O/c1-9(2)11-7-12(15-13-11)8-14-5-3-10(12)4-6-14/h7,9-10,13H,3-6,8H2,1-2H3. The highest BCUT2D eigenvalue weighted by atomic mass is 16.7. The average Bonchev–Trinajstić information content (AvgIpc) is 2.64. The monoisotopic (exact) mass is 208 g/mol. The van der Waals surface area contributed by atoms with Crippen LogP contribution in [-0.4, -0.2) is 30.1 Å². The van der Waals surface area contributed by atoms with E-state index in [9.17, 15) is 0 Å². The molecule has 0 amide bonds. The summed E-state index contributed by atoms with van der Waals surface area (Å²) in [6, 6.07) is 0. The summed E-state index contributed by atoms with van der Waals surface area (Å²) in [5.74, 6) is 1.27. The number of nitrogens with one attached hydrogen (secondary N) is 1. The van der Waals surface area contributed by atoms with Crippen LogP contribution in [-0.2, 0) is 4.84 Å². The van der Waals surface area contributed by atoms with Crippen LogP contribution in [0.25, 0.3) is 0 Å². The van der Waals surface area contributed by atoms with Gasteiger partial charge in [0.05, 0.1) is 0 Å². The van der Waals surface area contributed by atoms with Crippen LogP contribution in [0.2, 0.25) is 0 Å². The topological polar surface area (TPSA) is 24.5 Å². The Bertz CT molecular complexity index is 292. The lowest BCUT2D eigenvalue weighted by molar-refractivity contribution is -0.139. The first kappa shape index (κ1) is 9.67. The van der Waals surface area contributed by atoms with E-state index in [1.165, 1.54) is 31.6 Å². The van der Waals surface area contributed by atoms with Gasteiger partial charge in [-0.25, -0.2) is 0 Å². The van der Waals surface area contributed by atoms with E-state index in [1.807, 2.05) is 0 Å². The molecular formula is C12H20N2O. The lowest BCUT2D eigenvalue weighted by Gasteiger charge is -2.49. The maximum Gasteiger partial charge on any atom is 0.131 e. The summed E-state index contributed by atoms with van der Waals surface area (Å²) < 4.78 is 0. The Morgan fingerprint density at radius 1 is 1.47 bits per heavy atom. The molecule has 1 atom stereocenters. The van der Waals surface area contributed by atoms with Gasteiger partial charge in [-0.2, -0.15) is 0 Å². The molecule has 2 bridgehead atoms. The lowest BCUT2D eigenvalue weighted by Crippen LogP contribution is -2.58. The molecule has 4 aliphatic rings. The summed E-state index contributed by atoms with van der Waals surface area (Å²) in [6.07, 6.45) is 4.95. The van der Waals surface area contributed by atoms with Crippen LogP contribution in [0, 0.1) is 11.8 Å². The van der Waals surface area contributed by atoms with Gasteiger partial charge in [0.25, 0.3) is 0 Å². The third-order valence-electron chi connectivity index (χ3n) is 4.13. The second-order valence-corrected chi connectivity index (χ2v) is 5.46. The molecule has 3 fully saturated rings. The van der Waals surface area contributed by atoms with Crippen molar-refractivity contribution in [2.45, 2.75) is 32.3 Å². The van der Waals surface area contributed by atoms with Crippen LogP contribution in [0.5, 0.6) is 0 Å². The normalized spacial score (nSPS) is 43.5. The fourth-order valence-electron chi connectivity index (χ4n) is 3.10. The minimum Gasteiger partial charge on any atom is -0.300 e. The van der Waals surface area contributed by atoms with Crippen molar-refractivity contribution in [1.29, 1.82) is 0 Å². The number of hydrogen-bond acceptors (Lipinski definition) is 3. The quantitative estimate of drug-likeness (QED) is 0.707. The Hall–Kier alpha value is -0.540. The zero-order valence-corrected chi connectivity index (χ0v) is 9.62. The molecule has 0 saturated carbocycles. The molecule has 1 spiro atoms. The number of hydrogen-bond donors (Lipinski definition) is 1. The van der Waals surface area contributed by atoms with E-state index in [0.29, 0.717) is 5.92 Å². The number of nitrogens with zero attached hydrogens (tertiary/aromatic N) is 1. The summed E-state index contributed by atoms with van der Waals surface area (Å²) in [4.78, 5) is 8.43. The summed E-state index contributed by atoms with van der Waals surface area (Å²) in [5, 5.41) is 0. The van der Waals surface area contributed by atoms with E-state index in [-0.39, 0.29) is 5.60 Å². The van der Waals surface area contributed by atoms with Crippen molar-refractivity contribution in [3.05, 3.63) is 11.8 Å². The van der Waals surface area contributed by atoms with E-state index in [4.69, 9.17) is 4.84 Å². The molecule has 4 aliphatic heterocycles. The van der Waals surface area contributed by atoms with E-state index in [0.717, 1.165) is 12.5 Å². The van der Waals surface area contributed by atoms with Gasteiger partial charge in [0, 0.05) is 12.2 Å². The molecule has 1 N–H and O–H groups in total. The molecular weight excluding hydrogens is 188 g/mol. The molecule has 3 heteroatoms. The largest absolute Gasteiger partial charge is 0.300 e. The van der Waals surface area contributed by atoms with Gasteiger partial charge in [-0.1, -0.05) is 13.8 Å². The van der Waals surface area contributed by atoms with Crippen molar-refractivity contribution >= 4 is 0 Å². The highest BCUT2D eigenvalue weighted by Crippen LogP contribution is 2.42. The van der Waals surface area contributed by atoms with Gasteiger partial charge in [0.15, 0.2) is 0 Å². The molecule has 1 unspecified atom stereocenters. The van der Waals surface area contributed by atoms with Crippen molar-refractivity contribution in [1.82, 2.24) is 10.4 Å². The number of allylic oxidation sites excluding steroid dienone is 1. The van der Waals surface area contributed by atoms with Crippen LogP contribution in [0.3, 0.4) is 0 Å². The second kappa shape index (κ2) is 3.22. The predicted octanol–water partition coefficient (Wildman–Crippen LogP) is 1.53. The number of fused-ring (bicyclic) bond motifs is 2. The first-order valence-electron chi connectivity index (χ1n) is 6.09. The van der Waals surface area contributed by atoms with Crippen LogP contribution >= 0.6 is 0 Å². The fourth-order valence-corrected chi connectivity index (χ4v) is 3.10. The van der Waals surface area contributed by atoms with E-state index in [1.54, 1.807) is 0 Å². The smallest absolute Gasteiger partial charge is 0.131 e. The lowest BCUT2D eigenvalue weighted by atomic mass is 9.75. The third kappa shape index (κ3) is 1.41. The zero-order valence-electron chi connectivity index (χ0n) is 9.62. The Morgan fingerprint density at radius 3 is 2.67 bits per heavy atom. The first-order valence-corrected chi connectivity index (χ1v) is 6.09. The molecule has 84 valence electrons. The zero-order chi connectivity index (χ0) is 10.5. The number of rotatable bonds is 1. The Labute approximate surface area is 91.4 Å². The van der Waals surface area contributed by atoms with Crippen LogP contribution < -0.4 is 5.48 Å². The minimum absolute atomic E-state index is 0.00387. The maximum absolute atomic E-state index is 5.90. The predicted molar refractivity (Wildman–Crippen MR) is 59.0 cm³/mol. The van der Waals surface area contributed by atoms with Gasteiger partial charge < -0.3 is 0 Å². The fraction of sp³-hybridized carbons (Fsp3) is 0.833. The van der Waals surface area contributed by atoms with E-state index in [2.05, 4.69) is 30.3 Å².